The number of rotatable bonds is 7. The molecule has 9 heteroatoms. The fraction of sp³-hybridized carbons (Fsp3) is 0.250. The van der Waals surface area contributed by atoms with Gasteiger partial charge in [-0.15, -0.1) is 24.5 Å². The SMILES string of the molecule is O=C(CCCNC(=O)c1cccs1)Nc1ccccc1OC(F)(F)F. The van der Waals surface area contributed by atoms with Gasteiger partial charge in [0, 0.05) is 13.0 Å². The first-order valence-electron chi connectivity index (χ1n) is 7.31. The summed E-state index contributed by atoms with van der Waals surface area (Å²) in [5.41, 5.74) is -0.0625. The summed E-state index contributed by atoms with van der Waals surface area (Å²) < 4.78 is 40.8. The Hall–Kier alpha value is -2.55. The van der Waals surface area contributed by atoms with Gasteiger partial charge in [0.05, 0.1) is 10.6 Å². The monoisotopic (exact) mass is 372 g/mol. The third-order valence-corrected chi connectivity index (χ3v) is 3.87. The molecule has 0 saturated heterocycles. The van der Waals surface area contributed by atoms with Gasteiger partial charge in [-0.1, -0.05) is 18.2 Å². The van der Waals surface area contributed by atoms with Gasteiger partial charge in [-0.3, -0.25) is 9.59 Å². The lowest BCUT2D eigenvalue weighted by Crippen LogP contribution is -2.25. The average Bonchev–Trinajstić information content (AvgIpc) is 3.06. The van der Waals surface area contributed by atoms with Gasteiger partial charge in [0.25, 0.3) is 5.91 Å². The minimum atomic E-state index is -4.84. The summed E-state index contributed by atoms with van der Waals surface area (Å²) in [6, 6.07) is 8.73. The summed E-state index contributed by atoms with van der Waals surface area (Å²) in [5, 5.41) is 6.82. The number of para-hydroxylation sites is 2. The van der Waals surface area contributed by atoms with Crippen molar-refractivity contribution in [2.24, 2.45) is 0 Å². The maximum Gasteiger partial charge on any atom is 0.573 e. The fourth-order valence-electron chi connectivity index (χ4n) is 1.94. The number of carbonyl (C=O) groups is 2. The van der Waals surface area contributed by atoms with Crippen LogP contribution in [0, 0.1) is 0 Å². The van der Waals surface area contributed by atoms with E-state index in [1.165, 1.54) is 29.5 Å². The molecular weight excluding hydrogens is 357 g/mol. The standard InChI is InChI=1S/C16H15F3N2O3S/c17-16(18,19)24-12-6-2-1-5-11(12)21-14(22)8-3-9-20-15(23)13-7-4-10-25-13/h1-2,4-7,10H,3,8-9H2,(H,20,23)(H,21,22). The number of amides is 2. The highest BCUT2D eigenvalue weighted by Gasteiger charge is 2.32. The number of halogens is 3. The summed E-state index contributed by atoms with van der Waals surface area (Å²) in [7, 11) is 0. The van der Waals surface area contributed by atoms with Crippen molar-refractivity contribution in [1.29, 1.82) is 0 Å². The third-order valence-electron chi connectivity index (χ3n) is 3.00. The number of thiophene rings is 1. The van der Waals surface area contributed by atoms with E-state index in [0.29, 0.717) is 11.3 Å². The van der Waals surface area contributed by atoms with Crippen LogP contribution in [0.5, 0.6) is 5.75 Å². The second kappa shape index (κ2) is 8.52. The van der Waals surface area contributed by atoms with Crippen molar-refractivity contribution in [2.45, 2.75) is 19.2 Å². The molecule has 0 unspecified atom stereocenters. The minimum Gasteiger partial charge on any atom is -0.404 e. The van der Waals surface area contributed by atoms with E-state index in [4.69, 9.17) is 0 Å². The Morgan fingerprint density at radius 3 is 2.56 bits per heavy atom. The molecular formula is C16H15F3N2O3S. The van der Waals surface area contributed by atoms with Crippen molar-refractivity contribution in [3.8, 4) is 5.75 Å². The predicted octanol–water partition coefficient (Wildman–Crippen LogP) is 3.80. The minimum absolute atomic E-state index is 0.0467. The van der Waals surface area contributed by atoms with Crippen LogP contribution in [0.4, 0.5) is 18.9 Å². The highest BCUT2D eigenvalue weighted by Crippen LogP contribution is 2.29. The molecule has 0 radical (unpaired) electrons. The van der Waals surface area contributed by atoms with E-state index in [9.17, 15) is 22.8 Å². The van der Waals surface area contributed by atoms with Crippen molar-refractivity contribution < 1.29 is 27.5 Å². The van der Waals surface area contributed by atoms with Gasteiger partial charge in [-0.25, -0.2) is 0 Å². The van der Waals surface area contributed by atoms with Gasteiger partial charge in [-0.05, 0) is 30.0 Å². The lowest BCUT2D eigenvalue weighted by atomic mass is 10.2. The molecule has 0 spiro atoms. The molecule has 2 amide bonds. The smallest absolute Gasteiger partial charge is 0.404 e. The van der Waals surface area contributed by atoms with Crippen LogP contribution in [0.15, 0.2) is 41.8 Å². The number of ether oxygens (including phenoxy) is 1. The molecule has 1 aromatic carbocycles. The zero-order valence-corrected chi connectivity index (χ0v) is 13.7. The van der Waals surface area contributed by atoms with E-state index in [2.05, 4.69) is 15.4 Å². The summed E-state index contributed by atoms with van der Waals surface area (Å²) in [6.45, 7) is 0.283. The van der Waals surface area contributed by atoms with Crippen LogP contribution in [0.1, 0.15) is 22.5 Å². The Bertz CT molecular complexity index is 718. The van der Waals surface area contributed by atoms with Crippen LogP contribution in [0.3, 0.4) is 0 Å². The Kier molecular flexibility index (Phi) is 6.40. The topological polar surface area (TPSA) is 67.4 Å². The van der Waals surface area contributed by atoms with Crippen molar-refractivity contribution in [3.63, 3.8) is 0 Å². The number of hydrogen-bond acceptors (Lipinski definition) is 4. The van der Waals surface area contributed by atoms with Gasteiger partial charge >= 0.3 is 6.36 Å². The van der Waals surface area contributed by atoms with E-state index >= 15 is 0 Å². The van der Waals surface area contributed by atoms with Crippen LogP contribution in [-0.2, 0) is 4.79 Å². The molecule has 0 fully saturated rings. The highest BCUT2D eigenvalue weighted by molar-refractivity contribution is 7.12. The summed E-state index contributed by atoms with van der Waals surface area (Å²) in [4.78, 5) is 24.1. The summed E-state index contributed by atoms with van der Waals surface area (Å²) >= 11 is 1.31. The first-order valence-corrected chi connectivity index (χ1v) is 8.19. The van der Waals surface area contributed by atoms with Gasteiger partial charge in [0.2, 0.25) is 5.91 Å². The second-order valence-electron chi connectivity index (χ2n) is 4.93. The number of anilines is 1. The average molecular weight is 372 g/mol. The molecule has 1 aromatic heterocycles. The lowest BCUT2D eigenvalue weighted by Gasteiger charge is -2.13. The molecule has 0 aliphatic rings. The van der Waals surface area contributed by atoms with E-state index in [-0.39, 0.29) is 24.6 Å². The molecule has 0 aliphatic heterocycles. The molecule has 1 heterocycles. The Morgan fingerprint density at radius 2 is 1.88 bits per heavy atom. The maximum atomic E-state index is 12.3. The summed E-state index contributed by atoms with van der Waals surface area (Å²) in [5.74, 6) is -1.17. The van der Waals surface area contributed by atoms with Crippen LogP contribution in [0.2, 0.25) is 0 Å². The fourth-order valence-corrected chi connectivity index (χ4v) is 2.58. The first kappa shape index (κ1) is 18.8. The molecule has 0 saturated carbocycles. The number of hydrogen-bond donors (Lipinski definition) is 2. The molecule has 25 heavy (non-hydrogen) atoms. The normalized spacial score (nSPS) is 11.0. The predicted molar refractivity (Wildman–Crippen MR) is 87.6 cm³/mol. The highest BCUT2D eigenvalue weighted by atomic mass is 32.1. The van der Waals surface area contributed by atoms with Crippen LogP contribution < -0.4 is 15.4 Å². The van der Waals surface area contributed by atoms with Gasteiger partial charge in [-0.2, -0.15) is 0 Å². The molecule has 2 rings (SSSR count). The van der Waals surface area contributed by atoms with E-state index in [1.807, 2.05) is 0 Å². The lowest BCUT2D eigenvalue weighted by molar-refractivity contribution is -0.274. The second-order valence-corrected chi connectivity index (χ2v) is 5.88. The summed E-state index contributed by atoms with van der Waals surface area (Å²) in [6.07, 6.45) is -4.44. The number of carbonyl (C=O) groups excluding carboxylic acids is 2. The van der Waals surface area contributed by atoms with Gasteiger partial charge in [0.15, 0.2) is 5.75 Å². The molecule has 0 aliphatic carbocycles. The van der Waals surface area contributed by atoms with E-state index in [0.717, 1.165) is 6.07 Å². The van der Waals surface area contributed by atoms with Crippen LogP contribution in [-0.4, -0.2) is 24.7 Å². The molecule has 2 aromatic rings. The van der Waals surface area contributed by atoms with Gasteiger partial charge in [0.1, 0.15) is 0 Å². The number of benzene rings is 1. The molecule has 5 nitrogen and oxygen atoms in total. The van der Waals surface area contributed by atoms with E-state index < -0.39 is 18.0 Å². The van der Waals surface area contributed by atoms with Gasteiger partial charge < -0.3 is 15.4 Å². The van der Waals surface area contributed by atoms with Crippen molar-refractivity contribution in [3.05, 3.63) is 46.7 Å². The Morgan fingerprint density at radius 1 is 1.12 bits per heavy atom. The Labute approximate surface area is 145 Å². The number of nitrogens with one attached hydrogen (secondary N) is 2. The van der Waals surface area contributed by atoms with Crippen molar-refractivity contribution in [1.82, 2.24) is 5.32 Å². The molecule has 0 atom stereocenters. The van der Waals surface area contributed by atoms with E-state index in [1.54, 1.807) is 17.5 Å². The van der Waals surface area contributed by atoms with Crippen molar-refractivity contribution in [2.75, 3.05) is 11.9 Å². The zero-order valence-electron chi connectivity index (χ0n) is 12.9. The molecule has 2 N–H and O–H groups in total. The maximum absolute atomic E-state index is 12.3. The largest absolute Gasteiger partial charge is 0.573 e. The molecule has 134 valence electrons. The quantitative estimate of drug-likeness (QED) is 0.727. The third kappa shape index (κ3) is 6.46. The Balaban J connectivity index is 1.78. The van der Waals surface area contributed by atoms with Crippen LogP contribution in [0.25, 0.3) is 0 Å². The first-order chi connectivity index (χ1) is 11.8. The number of alkyl halides is 3. The van der Waals surface area contributed by atoms with Crippen molar-refractivity contribution >= 4 is 28.8 Å². The zero-order chi connectivity index (χ0) is 18.3. The van der Waals surface area contributed by atoms with Crippen LogP contribution >= 0.6 is 11.3 Å². The molecule has 0 bridgehead atoms.